The van der Waals surface area contributed by atoms with E-state index in [1.165, 1.54) is 0 Å². The summed E-state index contributed by atoms with van der Waals surface area (Å²) in [6.07, 6.45) is 0. The Kier molecular flexibility index (Phi) is 4.17. The number of amides is 1. The van der Waals surface area contributed by atoms with Gasteiger partial charge in [-0.05, 0) is 28.1 Å². The molecule has 25 heavy (non-hydrogen) atoms. The van der Waals surface area contributed by atoms with E-state index >= 15 is 0 Å². The Bertz CT molecular complexity index is 878. The van der Waals surface area contributed by atoms with Gasteiger partial charge in [-0.25, -0.2) is 0 Å². The van der Waals surface area contributed by atoms with Crippen molar-refractivity contribution in [2.45, 2.75) is 0 Å². The lowest BCUT2D eigenvalue weighted by atomic mass is 10.2. The van der Waals surface area contributed by atoms with Crippen molar-refractivity contribution in [2.75, 3.05) is 38.2 Å². The number of nitrogens with one attached hydrogen (secondary N) is 1. The van der Waals surface area contributed by atoms with E-state index in [0.717, 1.165) is 30.0 Å². The molecule has 0 aliphatic carbocycles. The molecule has 0 unspecified atom stereocenters. The molecule has 2 aromatic heterocycles. The van der Waals surface area contributed by atoms with Crippen LogP contribution in [0.5, 0.6) is 5.75 Å². The van der Waals surface area contributed by atoms with Crippen molar-refractivity contribution in [2.24, 2.45) is 0 Å². The number of rotatable bonds is 3. The van der Waals surface area contributed by atoms with E-state index < -0.39 is 0 Å². The number of aromatic amines is 1. The zero-order chi connectivity index (χ0) is 17.4. The minimum Gasteiger partial charge on any atom is -0.495 e. The van der Waals surface area contributed by atoms with Crippen molar-refractivity contribution in [3.05, 3.63) is 46.8 Å². The quantitative estimate of drug-likeness (QED) is 0.726. The fourth-order valence-corrected chi connectivity index (χ4v) is 3.62. The topological polar surface area (TPSA) is 61.7 Å². The molecule has 0 spiro atoms. The summed E-state index contributed by atoms with van der Waals surface area (Å²) < 4.78 is 11.6. The number of ether oxygens (including phenoxy) is 1. The molecule has 7 heteroatoms. The van der Waals surface area contributed by atoms with Crippen LogP contribution in [0.25, 0.3) is 11.1 Å². The number of piperazine rings is 1. The third-order valence-electron chi connectivity index (χ3n) is 4.50. The molecule has 6 nitrogen and oxygen atoms in total. The Morgan fingerprint density at radius 3 is 2.68 bits per heavy atom. The first-order valence-corrected chi connectivity index (χ1v) is 8.90. The van der Waals surface area contributed by atoms with Crippen molar-refractivity contribution in [1.29, 1.82) is 0 Å². The highest BCUT2D eigenvalue weighted by Gasteiger charge is 2.25. The molecule has 0 saturated carbocycles. The molecule has 0 atom stereocenters. The van der Waals surface area contributed by atoms with Gasteiger partial charge in [-0.2, -0.15) is 0 Å². The first-order chi connectivity index (χ1) is 12.2. The molecule has 1 aliphatic heterocycles. The number of carbonyl (C=O) groups is 1. The molecule has 1 aromatic carbocycles. The Balaban J connectivity index is 1.45. The number of halogens is 1. The maximum Gasteiger partial charge on any atom is 0.270 e. The number of nitrogens with zero attached hydrogens (tertiary/aromatic N) is 2. The van der Waals surface area contributed by atoms with Gasteiger partial charge in [-0.3, -0.25) is 4.79 Å². The minimum atomic E-state index is 0.00204. The van der Waals surface area contributed by atoms with Crippen LogP contribution in [0.15, 0.2) is 45.5 Å². The monoisotopic (exact) mass is 403 g/mol. The van der Waals surface area contributed by atoms with Gasteiger partial charge < -0.3 is 23.9 Å². The van der Waals surface area contributed by atoms with Crippen molar-refractivity contribution >= 4 is 38.6 Å². The molecule has 1 aliphatic rings. The summed E-state index contributed by atoms with van der Waals surface area (Å²) in [5, 5.41) is 0. The van der Waals surface area contributed by atoms with Crippen LogP contribution in [0.4, 0.5) is 5.69 Å². The van der Waals surface area contributed by atoms with E-state index in [1.807, 2.05) is 35.2 Å². The number of fused-ring (bicyclic) bond motifs is 1. The molecule has 1 N–H and O–H groups in total. The zero-order valence-corrected chi connectivity index (χ0v) is 15.4. The van der Waals surface area contributed by atoms with Crippen molar-refractivity contribution < 1.29 is 13.9 Å². The smallest absolute Gasteiger partial charge is 0.270 e. The van der Waals surface area contributed by atoms with E-state index in [1.54, 1.807) is 13.2 Å². The van der Waals surface area contributed by atoms with Gasteiger partial charge in [0.05, 0.1) is 18.3 Å². The lowest BCUT2D eigenvalue weighted by Crippen LogP contribution is -2.49. The Labute approximate surface area is 153 Å². The Morgan fingerprint density at radius 1 is 1.20 bits per heavy atom. The molecule has 4 rings (SSSR count). The Morgan fingerprint density at radius 2 is 1.96 bits per heavy atom. The number of aromatic nitrogens is 1. The summed E-state index contributed by atoms with van der Waals surface area (Å²) in [5.41, 5.74) is 3.14. The van der Waals surface area contributed by atoms with Crippen molar-refractivity contribution in [3.8, 4) is 5.75 Å². The van der Waals surface area contributed by atoms with E-state index in [0.29, 0.717) is 29.0 Å². The number of carbonyl (C=O) groups excluding carboxylic acids is 1. The normalized spacial score (nSPS) is 15.0. The molecule has 0 radical (unpaired) electrons. The number of furan rings is 1. The number of benzene rings is 1. The van der Waals surface area contributed by atoms with Gasteiger partial charge in [0.2, 0.25) is 0 Å². The number of hydrogen-bond donors (Lipinski definition) is 1. The highest BCUT2D eigenvalue weighted by atomic mass is 79.9. The van der Waals surface area contributed by atoms with Crippen LogP contribution in [0, 0.1) is 0 Å². The van der Waals surface area contributed by atoms with Crippen molar-refractivity contribution in [3.63, 3.8) is 0 Å². The predicted octanol–water partition coefficient (Wildman–Crippen LogP) is 3.49. The molecule has 1 fully saturated rings. The molecule has 1 amide bonds. The molecule has 3 heterocycles. The van der Waals surface area contributed by atoms with Crippen LogP contribution in [0.1, 0.15) is 10.5 Å². The highest BCUT2D eigenvalue weighted by Crippen LogP contribution is 2.29. The molecule has 130 valence electrons. The van der Waals surface area contributed by atoms with Gasteiger partial charge >= 0.3 is 0 Å². The lowest BCUT2D eigenvalue weighted by Gasteiger charge is -2.36. The summed E-state index contributed by atoms with van der Waals surface area (Å²) in [6, 6.07) is 11.6. The molecule has 1 saturated heterocycles. The summed E-state index contributed by atoms with van der Waals surface area (Å²) in [6.45, 7) is 2.88. The van der Waals surface area contributed by atoms with Gasteiger partial charge in [0.25, 0.3) is 5.91 Å². The maximum atomic E-state index is 12.7. The first-order valence-electron chi connectivity index (χ1n) is 8.11. The van der Waals surface area contributed by atoms with E-state index in [-0.39, 0.29) is 5.91 Å². The second kappa shape index (κ2) is 6.48. The van der Waals surface area contributed by atoms with Crippen LogP contribution in [-0.4, -0.2) is 49.1 Å². The summed E-state index contributed by atoms with van der Waals surface area (Å²) in [7, 11) is 1.68. The van der Waals surface area contributed by atoms with Crippen LogP contribution < -0.4 is 9.64 Å². The van der Waals surface area contributed by atoms with Crippen LogP contribution in [0.3, 0.4) is 0 Å². The maximum absolute atomic E-state index is 12.7. The minimum absolute atomic E-state index is 0.00204. The van der Waals surface area contributed by atoms with E-state index in [9.17, 15) is 4.79 Å². The Hall–Kier alpha value is -2.41. The van der Waals surface area contributed by atoms with Crippen LogP contribution in [-0.2, 0) is 0 Å². The average Bonchev–Trinajstić information content (AvgIpc) is 3.18. The molecule has 0 bridgehead atoms. The second-order valence-electron chi connectivity index (χ2n) is 5.96. The molecule has 3 aromatic rings. The number of para-hydroxylation sites is 2. The SMILES string of the molecule is COc1ccccc1N1CCN(C(=O)c2cc3oc(Br)cc3[nH]2)CC1. The number of hydrogen-bond acceptors (Lipinski definition) is 4. The summed E-state index contributed by atoms with van der Waals surface area (Å²) in [5.74, 6) is 0.861. The van der Waals surface area contributed by atoms with Crippen molar-refractivity contribution in [1.82, 2.24) is 9.88 Å². The third kappa shape index (κ3) is 3.00. The second-order valence-corrected chi connectivity index (χ2v) is 6.74. The van der Waals surface area contributed by atoms with Gasteiger partial charge in [0.15, 0.2) is 10.3 Å². The average molecular weight is 404 g/mol. The van der Waals surface area contributed by atoms with E-state index in [2.05, 4.69) is 25.8 Å². The van der Waals surface area contributed by atoms with Gasteiger partial charge in [0, 0.05) is 38.3 Å². The number of methoxy groups -OCH3 is 1. The summed E-state index contributed by atoms with van der Waals surface area (Å²) in [4.78, 5) is 20.0. The molecular weight excluding hydrogens is 386 g/mol. The first kappa shape index (κ1) is 16.1. The van der Waals surface area contributed by atoms with Gasteiger partial charge in [0.1, 0.15) is 11.4 Å². The largest absolute Gasteiger partial charge is 0.495 e. The fraction of sp³-hybridized carbons (Fsp3) is 0.278. The number of anilines is 1. The van der Waals surface area contributed by atoms with Crippen LogP contribution >= 0.6 is 15.9 Å². The standard InChI is InChI=1S/C18H18BrN3O3/c1-24-15-5-3-2-4-14(15)21-6-8-22(9-7-21)18(23)13-10-16-12(20-13)11-17(19)25-16/h2-5,10-11,20H,6-9H2,1H3. The van der Waals surface area contributed by atoms with Crippen LogP contribution in [0.2, 0.25) is 0 Å². The fourth-order valence-electron chi connectivity index (χ4n) is 3.22. The van der Waals surface area contributed by atoms with Gasteiger partial charge in [-0.1, -0.05) is 12.1 Å². The van der Waals surface area contributed by atoms with E-state index in [4.69, 9.17) is 9.15 Å². The lowest BCUT2D eigenvalue weighted by molar-refractivity contribution is 0.0741. The number of H-pyrrole nitrogens is 1. The molecular formula is C18H18BrN3O3. The zero-order valence-electron chi connectivity index (χ0n) is 13.8. The predicted molar refractivity (Wildman–Crippen MR) is 99.4 cm³/mol. The summed E-state index contributed by atoms with van der Waals surface area (Å²) >= 11 is 3.28. The third-order valence-corrected chi connectivity index (χ3v) is 4.89. The highest BCUT2D eigenvalue weighted by molar-refractivity contribution is 9.10. The van der Waals surface area contributed by atoms with Gasteiger partial charge in [-0.15, -0.1) is 0 Å².